The monoisotopic (exact) mass is 249 g/mol. The first-order valence-corrected chi connectivity index (χ1v) is 5.34. The van der Waals surface area contributed by atoms with Gasteiger partial charge in [0.15, 0.2) is 0 Å². The van der Waals surface area contributed by atoms with E-state index in [9.17, 15) is 8.78 Å². The van der Waals surface area contributed by atoms with Crippen LogP contribution in [0, 0.1) is 11.6 Å². The SMILES string of the molecule is Fc1ccc(F)c(/C(CCCCl)=N/S)c1. The molecule has 1 nitrogen and oxygen atoms in total. The van der Waals surface area contributed by atoms with Gasteiger partial charge < -0.3 is 0 Å². The third-order valence-electron chi connectivity index (χ3n) is 1.91. The van der Waals surface area contributed by atoms with Crippen LogP contribution in [0.25, 0.3) is 0 Å². The highest BCUT2D eigenvalue weighted by Gasteiger charge is 2.10. The van der Waals surface area contributed by atoms with Crippen LogP contribution in [0.15, 0.2) is 22.6 Å². The lowest BCUT2D eigenvalue weighted by Gasteiger charge is -2.05. The van der Waals surface area contributed by atoms with E-state index >= 15 is 0 Å². The topological polar surface area (TPSA) is 12.4 Å². The highest BCUT2D eigenvalue weighted by molar-refractivity contribution is 7.79. The molecule has 1 rings (SSSR count). The predicted molar refractivity (Wildman–Crippen MR) is 61.8 cm³/mol. The van der Waals surface area contributed by atoms with Gasteiger partial charge in [0.25, 0.3) is 0 Å². The summed E-state index contributed by atoms with van der Waals surface area (Å²) < 4.78 is 29.9. The van der Waals surface area contributed by atoms with Crippen molar-refractivity contribution in [2.24, 2.45) is 4.40 Å². The molecule has 0 aliphatic carbocycles. The quantitative estimate of drug-likeness (QED) is 0.475. The summed E-state index contributed by atoms with van der Waals surface area (Å²) in [6.45, 7) is 0. The molecule has 5 heteroatoms. The van der Waals surface area contributed by atoms with Crippen LogP contribution < -0.4 is 0 Å². The summed E-state index contributed by atoms with van der Waals surface area (Å²) in [5.74, 6) is -0.547. The zero-order valence-electron chi connectivity index (χ0n) is 7.88. The van der Waals surface area contributed by atoms with E-state index in [2.05, 4.69) is 17.2 Å². The normalized spacial score (nSPS) is 11.9. The second-order valence-corrected chi connectivity index (χ2v) is 3.54. The molecule has 0 unspecified atom stereocenters. The molecular weight excluding hydrogens is 240 g/mol. The Balaban J connectivity index is 2.96. The van der Waals surface area contributed by atoms with E-state index in [0.717, 1.165) is 18.2 Å². The highest BCUT2D eigenvalue weighted by Crippen LogP contribution is 2.14. The standard InChI is InChI=1S/C10H10ClF2NS/c11-5-1-2-10(14-15)8-6-7(12)3-4-9(8)13/h3-4,6,15H,1-2,5H2/b14-10+. The first-order chi connectivity index (χ1) is 7.19. The van der Waals surface area contributed by atoms with E-state index in [4.69, 9.17) is 11.6 Å². The molecule has 0 heterocycles. The molecule has 0 N–H and O–H groups in total. The van der Waals surface area contributed by atoms with Crippen LogP contribution in [0.4, 0.5) is 8.78 Å². The van der Waals surface area contributed by atoms with E-state index in [-0.39, 0.29) is 5.56 Å². The molecule has 1 aromatic carbocycles. The average molecular weight is 250 g/mol. The fourth-order valence-electron chi connectivity index (χ4n) is 1.19. The molecule has 0 atom stereocenters. The lowest BCUT2D eigenvalue weighted by Crippen LogP contribution is -2.04. The van der Waals surface area contributed by atoms with Crippen molar-refractivity contribution in [3.05, 3.63) is 35.4 Å². The maximum absolute atomic E-state index is 13.3. The third kappa shape index (κ3) is 3.47. The van der Waals surface area contributed by atoms with Crippen LogP contribution in [-0.2, 0) is 0 Å². The second kappa shape index (κ2) is 6.08. The van der Waals surface area contributed by atoms with E-state index in [1.807, 2.05) is 0 Å². The summed E-state index contributed by atoms with van der Waals surface area (Å²) in [7, 11) is 0. The molecular formula is C10H10ClF2NS. The lowest BCUT2D eigenvalue weighted by molar-refractivity contribution is 0.597. The van der Waals surface area contributed by atoms with Crippen LogP contribution >= 0.6 is 24.4 Å². The van der Waals surface area contributed by atoms with Gasteiger partial charge in [0, 0.05) is 11.4 Å². The maximum atomic E-state index is 13.3. The minimum absolute atomic E-state index is 0.148. The van der Waals surface area contributed by atoms with Gasteiger partial charge in [0.1, 0.15) is 11.6 Å². The molecule has 82 valence electrons. The Bertz CT molecular complexity index is 368. The summed E-state index contributed by atoms with van der Waals surface area (Å²) in [5, 5.41) is 0. The van der Waals surface area contributed by atoms with Gasteiger partial charge in [0.2, 0.25) is 0 Å². The van der Waals surface area contributed by atoms with E-state index in [1.54, 1.807) is 0 Å². The summed E-state index contributed by atoms with van der Waals surface area (Å²) in [6.07, 6.45) is 1.13. The lowest BCUT2D eigenvalue weighted by atomic mass is 10.1. The first kappa shape index (κ1) is 12.5. The van der Waals surface area contributed by atoms with Gasteiger partial charge in [-0.1, -0.05) is 0 Å². The molecule has 0 saturated carbocycles. The number of hydrogen-bond donors (Lipinski definition) is 1. The molecule has 1 aromatic rings. The largest absolute Gasteiger partial charge is 0.224 e. The summed E-state index contributed by atoms with van der Waals surface area (Å²) in [4.78, 5) is 0. The van der Waals surface area contributed by atoms with Crippen LogP contribution in [0.1, 0.15) is 18.4 Å². The Morgan fingerprint density at radius 1 is 1.40 bits per heavy atom. The van der Waals surface area contributed by atoms with Gasteiger partial charge in [-0.15, -0.1) is 11.6 Å². The fraction of sp³-hybridized carbons (Fsp3) is 0.300. The van der Waals surface area contributed by atoms with Gasteiger partial charge in [-0.25, -0.2) is 13.2 Å². The van der Waals surface area contributed by atoms with Gasteiger partial charge in [-0.05, 0) is 43.9 Å². The maximum Gasteiger partial charge on any atom is 0.132 e. The number of nitrogens with zero attached hydrogens (tertiary/aromatic N) is 1. The zero-order valence-corrected chi connectivity index (χ0v) is 9.53. The fourth-order valence-corrected chi connectivity index (χ4v) is 1.53. The van der Waals surface area contributed by atoms with Gasteiger partial charge in [0.05, 0.1) is 5.71 Å². The molecule has 0 saturated heterocycles. The number of hydrogen-bond acceptors (Lipinski definition) is 2. The molecule has 0 amide bonds. The smallest absolute Gasteiger partial charge is 0.132 e. The first-order valence-electron chi connectivity index (χ1n) is 4.41. The van der Waals surface area contributed by atoms with E-state index in [0.29, 0.717) is 24.4 Å². The number of benzene rings is 1. The summed E-state index contributed by atoms with van der Waals surface area (Å²) in [5.41, 5.74) is 0.561. The Kier molecular flexibility index (Phi) is 5.05. The average Bonchev–Trinajstić information content (AvgIpc) is 2.24. The highest BCUT2D eigenvalue weighted by atomic mass is 35.5. The van der Waals surface area contributed by atoms with Crippen LogP contribution in [-0.4, -0.2) is 11.6 Å². The van der Waals surface area contributed by atoms with Crippen molar-refractivity contribution in [3.63, 3.8) is 0 Å². The van der Waals surface area contributed by atoms with Crippen molar-refractivity contribution in [3.8, 4) is 0 Å². The number of alkyl halides is 1. The van der Waals surface area contributed by atoms with Crippen LogP contribution in [0.2, 0.25) is 0 Å². The Morgan fingerprint density at radius 2 is 2.13 bits per heavy atom. The minimum Gasteiger partial charge on any atom is -0.224 e. The zero-order chi connectivity index (χ0) is 11.3. The number of halogens is 3. The second-order valence-electron chi connectivity index (χ2n) is 2.96. The third-order valence-corrected chi connectivity index (χ3v) is 2.42. The van der Waals surface area contributed by atoms with E-state index in [1.165, 1.54) is 0 Å². The predicted octanol–water partition coefficient (Wildman–Crippen LogP) is 3.62. The molecule has 0 bridgehead atoms. The molecule has 0 aliphatic heterocycles. The Labute approximate surface area is 97.7 Å². The van der Waals surface area contributed by atoms with Gasteiger partial charge >= 0.3 is 0 Å². The van der Waals surface area contributed by atoms with Gasteiger partial charge in [-0.3, -0.25) is 0 Å². The molecule has 0 radical (unpaired) electrons. The van der Waals surface area contributed by atoms with Crippen LogP contribution in [0.5, 0.6) is 0 Å². The Hall–Kier alpha value is -0.610. The van der Waals surface area contributed by atoms with E-state index < -0.39 is 11.6 Å². The van der Waals surface area contributed by atoms with Crippen molar-refractivity contribution < 1.29 is 8.78 Å². The van der Waals surface area contributed by atoms with Crippen molar-refractivity contribution in [2.45, 2.75) is 12.8 Å². The van der Waals surface area contributed by atoms with Crippen LogP contribution in [0.3, 0.4) is 0 Å². The van der Waals surface area contributed by atoms with Crippen molar-refractivity contribution >= 4 is 30.1 Å². The Morgan fingerprint density at radius 3 is 2.73 bits per heavy atom. The molecule has 0 spiro atoms. The number of rotatable bonds is 4. The van der Waals surface area contributed by atoms with Crippen molar-refractivity contribution in [2.75, 3.05) is 5.88 Å². The summed E-state index contributed by atoms with van der Waals surface area (Å²) >= 11 is 9.25. The summed E-state index contributed by atoms with van der Waals surface area (Å²) in [6, 6.07) is 3.25. The minimum atomic E-state index is -0.501. The molecule has 0 fully saturated rings. The van der Waals surface area contributed by atoms with Gasteiger partial charge in [-0.2, -0.15) is 0 Å². The van der Waals surface area contributed by atoms with Crippen molar-refractivity contribution in [1.29, 1.82) is 0 Å². The van der Waals surface area contributed by atoms with Crippen molar-refractivity contribution in [1.82, 2.24) is 0 Å². The number of thiol groups is 1. The molecule has 0 aliphatic rings. The molecule has 15 heavy (non-hydrogen) atoms. The molecule has 0 aromatic heterocycles.